The van der Waals surface area contributed by atoms with Crippen LogP contribution in [0, 0.1) is 22.7 Å². The molecular weight excluding hydrogens is 326 g/mol. The summed E-state index contributed by atoms with van der Waals surface area (Å²) in [5, 5.41) is 18.5. The molecule has 1 aliphatic rings. The summed E-state index contributed by atoms with van der Waals surface area (Å²) in [5.41, 5.74) is 2.55. The normalized spacial score (nSPS) is 14.3. The van der Waals surface area contributed by atoms with Crippen LogP contribution < -0.4 is 9.80 Å². The number of benzene rings is 1. The lowest BCUT2D eigenvalue weighted by atomic mass is 10.1. The molecule has 1 saturated heterocycles. The van der Waals surface area contributed by atoms with Crippen molar-refractivity contribution in [3.05, 3.63) is 53.2 Å². The Balaban J connectivity index is 1.87. The third kappa shape index (κ3) is 3.50. The molecule has 0 saturated carbocycles. The van der Waals surface area contributed by atoms with E-state index in [-0.39, 0.29) is 5.78 Å². The van der Waals surface area contributed by atoms with Crippen molar-refractivity contribution < 1.29 is 4.79 Å². The van der Waals surface area contributed by atoms with Gasteiger partial charge in [-0.05, 0) is 43.7 Å². The lowest BCUT2D eigenvalue weighted by molar-refractivity contribution is 0.101. The van der Waals surface area contributed by atoms with Crippen molar-refractivity contribution in [1.82, 2.24) is 4.98 Å². The molecule has 1 aromatic heterocycles. The molecule has 0 bridgehead atoms. The first-order chi connectivity index (χ1) is 12.6. The summed E-state index contributed by atoms with van der Waals surface area (Å²) >= 11 is 0. The molecular formula is C20H19N5O. The average molecular weight is 345 g/mol. The van der Waals surface area contributed by atoms with Crippen molar-refractivity contribution in [2.75, 3.05) is 36.0 Å². The van der Waals surface area contributed by atoms with E-state index < -0.39 is 0 Å². The molecule has 3 rings (SSSR count). The van der Waals surface area contributed by atoms with Crippen LogP contribution >= 0.6 is 0 Å². The highest BCUT2D eigenvalue weighted by molar-refractivity contribution is 6.00. The minimum atomic E-state index is -0.0120. The van der Waals surface area contributed by atoms with Gasteiger partial charge in [-0.1, -0.05) is 0 Å². The van der Waals surface area contributed by atoms with E-state index in [9.17, 15) is 15.3 Å². The fourth-order valence-corrected chi connectivity index (χ4v) is 3.27. The lowest BCUT2D eigenvalue weighted by Crippen LogP contribution is -2.32. The average Bonchev–Trinajstić information content (AvgIpc) is 2.93. The predicted octanol–water partition coefficient (Wildman–Crippen LogP) is 2.74. The van der Waals surface area contributed by atoms with Gasteiger partial charge in [0.2, 0.25) is 0 Å². The van der Waals surface area contributed by atoms with Crippen LogP contribution in [0.4, 0.5) is 11.5 Å². The van der Waals surface area contributed by atoms with Crippen molar-refractivity contribution in [3.63, 3.8) is 0 Å². The van der Waals surface area contributed by atoms with Crippen LogP contribution in [0.5, 0.6) is 0 Å². The van der Waals surface area contributed by atoms with E-state index in [1.54, 1.807) is 43.5 Å². The molecule has 26 heavy (non-hydrogen) atoms. The molecule has 0 amide bonds. The number of pyridine rings is 1. The van der Waals surface area contributed by atoms with Crippen molar-refractivity contribution in [1.29, 1.82) is 10.5 Å². The fourth-order valence-electron chi connectivity index (χ4n) is 3.27. The zero-order valence-corrected chi connectivity index (χ0v) is 14.6. The largest absolute Gasteiger partial charge is 0.369 e. The Bertz CT molecular complexity index is 909. The van der Waals surface area contributed by atoms with Crippen LogP contribution in [0.15, 0.2) is 36.5 Å². The highest BCUT2D eigenvalue weighted by Gasteiger charge is 2.21. The highest BCUT2D eigenvalue weighted by Crippen LogP contribution is 2.26. The minimum absolute atomic E-state index is 0.0120. The van der Waals surface area contributed by atoms with Crippen LogP contribution in [-0.4, -0.2) is 36.9 Å². The smallest absolute Gasteiger partial charge is 0.161 e. The molecule has 1 aliphatic heterocycles. The van der Waals surface area contributed by atoms with E-state index in [0.717, 1.165) is 25.2 Å². The van der Waals surface area contributed by atoms with Gasteiger partial charge < -0.3 is 9.80 Å². The van der Waals surface area contributed by atoms with E-state index in [1.165, 1.54) is 0 Å². The van der Waals surface area contributed by atoms with Gasteiger partial charge in [-0.25, -0.2) is 4.98 Å². The zero-order chi connectivity index (χ0) is 18.5. The number of aromatic nitrogens is 1. The first-order valence-corrected chi connectivity index (χ1v) is 8.54. The van der Waals surface area contributed by atoms with Crippen molar-refractivity contribution >= 4 is 17.3 Å². The third-order valence-electron chi connectivity index (χ3n) is 4.55. The maximum atomic E-state index is 12.0. The number of ketones is 1. The standard InChI is InChI=1S/C20H19N5O/c1-15(26)18-6-5-16(13-21)12-19(18)24-8-3-9-25(11-10-24)20-17(14-22)4-2-7-23-20/h2,4-7,12H,3,8-11H2,1H3. The zero-order valence-electron chi connectivity index (χ0n) is 14.6. The van der Waals surface area contributed by atoms with Gasteiger partial charge in [0.1, 0.15) is 11.9 Å². The molecule has 0 unspecified atom stereocenters. The van der Waals surface area contributed by atoms with Gasteiger partial charge in [-0.3, -0.25) is 4.79 Å². The number of nitriles is 2. The van der Waals surface area contributed by atoms with E-state index >= 15 is 0 Å². The Labute approximate surface area is 152 Å². The number of hydrogen-bond donors (Lipinski definition) is 0. The number of carbonyl (C=O) groups is 1. The minimum Gasteiger partial charge on any atom is -0.369 e. The Morgan fingerprint density at radius 2 is 1.85 bits per heavy atom. The van der Waals surface area contributed by atoms with Crippen LogP contribution in [-0.2, 0) is 0 Å². The number of anilines is 2. The summed E-state index contributed by atoms with van der Waals surface area (Å²) in [7, 11) is 0. The Kier molecular flexibility index (Phi) is 5.15. The number of nitrogens with zero attached hydrogens (tertiary/aromatic N) is 5. The SMILES string of the molecule is CC(=O)c1ccc(C#N)cc1N1CCCN(c2ncccc2C#N)CC1. The molecule has 2 aromatic rings. The first-order valence-electron chi connectivity index (χ1n) is 8.54. The second-order valence-corrected chi connectivity index (χ2v) is 6.21. The number of hydrogen-bond acceptors (Lipinski definition) is 6. The van der Waals surface area contributed by atoms with Gasteiger partial charge in [0.15, 0.2) is 5.78 Å². The lowest BCUT2D eigenvalue weighted by Gasteiger charge is -2.26. The van der Waals surface area contributed by atoms with Crippen molar-refractivity contribution in [2.45, 2.75) is 13.3 Å². The number of rotatable bonds is 3. The quantitative estimate of drug-likeness (QED) is 0.795. The molecule has 1 aromatic carbocycles. The second-order valence-electron chi connectivity index (χ2n) is 6.21. The Morgan fingerprint density at radius 1 is 1.08 bits per heavy atom. The van der Waals surface area contributed by atoms with Crippen LogP contribution in [0.3, 0.4) is 0 Å². The summed E-state index contributed by atoms with van der Waals surface area (Å²) in [6.45, 7) is 4.49. The van der Waals surface area contributed by atoms with Crippen LogP contribution in [0.2, 0.25) is 0 Å². The molecule has 130 valence electrons. The topological polar surface area (TPSA) is 84.0 Å². The van der Waals surface area contributed by atoms with Gasteiger partial charge in [-0.15, -0.1) is 0 Å². The molecule has 0 radical (unpaired) electrons. The van der Waals surface area contributed by atoms with Crippen molar-refractivity contribution in [2.24, 2.45) is 0 Å². The maximum Gasteiger partial charge on any atom is 0.161 e. The van der Waals surface area contributed by atoms with Crippen LogP contribution in [0.1, 0.15) is 34.8 Å². The van der Waals surface area contributed by atoms with Crippen LogP contribution in [0.25, 0.3) is 0 Å². The van der Waals surface area contributed by atoms with Gasteiger partial charge in [0.05, 0.1) is 17.2 Å². The van der Waals surface area contributed by atoms with E-state index in [2.05, 4.69) is 26.9 Å². The Morgan fingerprint density at radius 3 is 2.58 bits per heavy atom. The van der Waals surface area contributed by atoms with E-state index in [0.29, 0.717) is 35.6 Å². The van der Waals surface area contributed by atoms with Gasteiger partial charge in [0, 0.05) is 43.6 Å². The summed E-state index contributed by atoms with van der Waals surface area (Å²) in [5.74, 6) is 0.691. The molecule has 0 aliphatic carbocycles. The monoisotopic (exact) mass is 345 g/mol. The summed E-state index contributed by atoms with van der Waals surface area (Å²) in [4.78, 5) is 20.6. The highest BCUT2D eigenvalue weighted by atomic mass is 16.1. The molecule has 0 spiro atoms. The van der Waals surface area contributed by atoms with Gasteiger partial charge in [-0.2, -0.15) is 10.5 Å². The Hall–Kier alpha value is -3.38. The van der Waals surface area contributed by atoms with E-state index in [4.69, 9.17) is 0 Å². The van der Waals surface area contributed by atoms with E-state index in [1.807, 2.05) is 0 Å². The number of Topliss-reactive ketones (excluding diaryl/α,β-unsaturated/α-hetero) is 1. The predicted molar refractivity (Wildman–Crippen MR) is 99.2 cm³/mol. The third-order valence-corrected chi connectivity index (χ3v) is 4.55. The van der Waals surface area contributed by atoms with Crippen molar-refractivity contribution in [3.8, 4) is 12.1 Å². The molecule has 6 heteroatoms. The number of carbonyl (C=O) groups excluding carboxylic acids is 1. The van der Waals surface area contributed by atoms with Gasteiger partial charge >= 0.3 is 0 Å². The first kappa shape index (κ1) is 17.4. The molecule has 2 heterocycles. The fraction of sp³-hybridized carbons (Fsp3) is 0.300. The van der Waals surface area contributed by atoms with Gasteiger partial charge in [0.25, 0.3) is 0 Å². The summed E-state index contributed by atoms with van der Waals surface area (Å²) < 4.78 is 0. The second kappa shape index (κ2) is 7.67. The molecule has 0 atom stereocenters. The molecule has 6 nitrogen and oxygen atoms in total. The maximum absolute atomic E-state index is 12.0. The molecule has 0 N–H and O–H groups in total. The summed E-state index contributed by atoms with van der Waals surface area (Å²) in [6, 6.07) is 13.1. The summed E-state index contributed by atoms with van der Waals surface area (Å²) in [6.07, 6.45) is 2.57. The molecule has 1 fully saturated rings.